The fourth-order valence-electron chi connectivity index (χ4n) is 1.99. The number of rotatable bonds is 9. The molecule has 2 rings (SSSR count). The minimum absolute atomic E-state index is 0.164. The van der Waals surface area contributed by atoms with E-state index in [1.807, 2.05) is 30.3 Å². The zero-order valence-corrected chi connectivity index (χ0v) is 17.1. The van der Waals surface area contributed by atoms with Crippen LogP contribution in [-0.4, -0.2) is 37.6 Å². The molecule has 0 aliphatic rings. The van der Waals surface area contributed by atoms with E-state index in [-0.39, 0.29) is 12.5 Å². The first-order chi connectivity index (χ1) is 13.1. The molecule has 0 atom stereocenters. The molecule has 8 heteroatoms. The third-order valence-electron chi connectivity index (χ3n) is 3.24. The van der Waals surface area contributed by atoms with Crippen molar-refractivity contribution in [1.82, 2.24) is 5.43 Å². The van der Waals surface area contributed by atoms with E-state index in [2.05, 4.69) is 31.2 Å². The Kier molecular flexibility index (Phi) is 8.86. The number of hydrogen-bond donors (Lipinski definition) is 1. The molecule has 27 heavy (non-hydrogen) atoms. The van der Waals surface area contributed by atoms with E-state index in [0.29, 0.717) is 11.5 Å². The maximum atomic E-state index is 11.8. The first-order valence-electron chi connectivity index (χ1n) is 8.00. The van der Waals surface area contributed by atoms with Gasteiger partial charge in [0.25, 0.3) is 0 Å². The second kappa shape index (κ2) is 11.4. The molecule has 1 N–H and O–H groups in total. The molecular formula is C19H19BrN2O4S. The van der Waals surface area contributed by atoms with Gasteiger partial charge in [-0.25, -0.2) is 10.2 Å². The number of hydrogen-bond acceptors (Lipinski definition) is 6. The van der Waals surface area contributed by atoms with E-state index < -0.39 is 5.97 Å². The van der Waals surface area contributed by atoms with Crippen molar-refractivity contribution in [3.8, 4) is 5.75 Å². The Labute approximate surface area is 170 Å². The van der Waals surface area contributed by atoms with Gasteiger partial charge in [0, 0.05) is 10.2 Å². The lowest BCUT2D eigenvalue weighted by Crippen LogP contribution is -2.19. The van der Waals surface area contributed by atoms with Crippen LogP contribution in [0.1, 0.15) is 11.1 Å². The van der Waals surface area contributed by atoms with Crippen LogP contribution in [0.15, 0.2) is 58.1 Å². The van der Waals surface area contributed by atoms with Crippen molar-refractivity contribution in [3.05, 3.63) is 64.1 Å². The summed E-state index contributed by atoms with van der Waals surface area (Å²) in [5, 5.41) is 3.94. The monoisotopic (exact) mass is 450 g/mol. The summed E-state index contributed by atoms with van der Waals surface area (Å²) in [5.41, 5.74) is 4.38. The van der Waals surface area contributed by atoms with E-state index >= 15 is 0 Å². The number of carbonyl (C=O) groups is 2. The molecule has 0 aromatic heterocycles. The van der Waals surface area contributed by atoms with Crippen molar-refractivity contribution in [1.29, 1.82) is 0 Å². The number of methoxy groups -OCH3 is 1. The molecule has 0 unspecified atom stereocenters. The number of halogens is 1. The molecule has 2 aromatic rings. The van der Waals surface area contributed by atoms with Crippen LogP contribution >= 0.6 is 27.7 Å². The normalized spacial score (nSPS) is 10.6. The molecule has 0 fully saturated rings. The number of nitrogens with one attached hydrogen (secondary N) is 1. The second-order valence-electron chi connectivity index (χ2n) is 5.35. The molecule has 1 amide bonds. The summed E-state index contributed by atoms with van der Waals surface area (Å²) in [6, 6.07) is 15.0. The van der Waals surface area contributed by atoms with Crippen LogP contribution in [0.25, 0.3) is 0 Å². The fourth-order valence-corrected chi connectivity index (χ4v) is 3.20. The van der Waals surface area contributed by atoms with Gasteiger partial charge in [0.15, 0.2) is 6.61 Å². The predicted molar refractivity (Wildman–Crippen MR) is 110 cm³/mol. The molecule has 2 aromatic carbocycles. The van der Waals surface area contributed by atoms with Gasteiger partial charge in [0.1, 0.15) is 5.75 Å². The van der Waals surface area contributed by atoms with Gasteiger partial charge in [-0.3, -0.25) is 4.79 Å². The first kappa shape index (κ1) is 21.0. The largest absolute Gasteiger partial charge is 0.482 e. The number of benzene rings is 2. The van der Waals surface area contributed by atoms with Gasteiger partial charge in [0.2, 0.25) is 5.91 Å². The summed E-state index contributed by atoms with van der Waals surface area (Å²) in [6.07, 6.45) is 1.52. The number of ether oxygens (including phenoxy) is 2. The highest BCUT2D eigenvalue weighted by atomic mass is 79.9. The molecule has 0 saturated carbocycles. The Balaban J connectivity index is 1.74. The molecule has 0 radical (unpaired) electrons. The summed E-state index contributed by atoms with van der Waals surface area (Å²) in [4.78, 5) is 22.9. The Morgan fingerprint density at radius 1 is 1.22 bits per heavy atom. The van der Waals surface area contributed by atoms with Gasteiger partial charge in [-0.05, 0) is 35.4 Å². The summed E-state index contributed by atoms with van der Waals surface area (Å²) in [5.74, 6) is 0.939. The van der Waals surface area contributed by atoms with Crippen molar-refractivity contribution in [2.75, 3.05) is 19.5 Å². The highest BCUT2D eigenvalue weighted by Gasteiger charge is 2.03. The Bertz CT molecular complexity index is 814. The molecule has 0 saturated heterocycles. The molecule has 0 spiro atoms. The lowest BCUT2D eigenvalue weighted by Gasteiger charge is -2.05. The quantitative estimate of drug-likeness (QED) is 0.359. The van der Waals surface area contributed by atoms with Crippen molar-refractivity contribution in [2.45, 2.75) is 5.75 Å². The number of hydrazone groups is 1. The van der Waals surface area contributed by atoms with Crippen molar-refractivity contribution >= 4 is 45.8 Å². The third kappa shape index (κ3) is 8.27. The standard InChI is InChI=1S/C19H19BrN2O4S/c1-25-19(24)11-26-17-7-3-4-14(9-17)10-21-22-18(23)13-27-12-15-5-2-6-16(20)8-15/h2-10H,11-13H2,1H3,(H,22,23). The Morgan fingerprint density at radius 2 is 2.04 bits per heavy atom. The van der Waals surface area contributed by atoms with E-state index in [1.54, 1.807) is 18.2 Å². The molecule has 142 valence electrons. The highest BCUT2D eigenvalue weighted by molar-refractivity contribution is 9.10. The smallest absolute Gasteiger partial charge is 0.343 e. The zero-order valence-electron chi connectivity index (χ0n) is 14.7. The van der Waals surface area contributed by atoms with Crippen LogP contribution in [0.2, 0.25) is 0 Å². The van der Waals surface area contributed by atoms with Crippen molar-refractivity contribution in [2.24, 2.45) is 5.10 Å². The van der Waals surface area contributed by atoms with E-state index in [9.17, 15) is 9.59 Å². The van der Waals surface area contributed by atoms with Crippen molar-refractivity contribution < 1.29 is 19.1 Å². The average Bonchev–Trinajstić information content (AvgIpc) is 2.66. The second-order valence-corrected chi connectivity index (χ2v) is 7.25. The van der Waals surface area contributed by atoms with E-state index in [1.165, 1.54) is 25.1 Å². The van der Waals surface area contributed by atoms with Gasteiger partial charge in [-0.15, -0.1) is 11.8 Å². The number of carbonyl (C=O) groups excluding carboxylic acids is 2. The number of thioether (sulfide) groups is 1. The van der Waals surface area contributed by atoms with Gasteiger partial charge >= 0.3 is 5.97 Å². The van der Waals surface area contributed by atoms with Gasteiger partial charge in [-0.2, -0.15) is 5.10 Å². The van der Waals surface area contributed by atoms with E-state index in [0.717, 1.165) is 21.4 Å². The summed E-state index contributed by atoms with van der Waals surface area (Å²) in [6.45, 7) is -0.164. The molecule has 0 aliphatic heterocycles. The molecule has 6 nitrogen and oxygen atoms in total. The van der Waals surface area contributed by atoms with Crippen LogP contribution in [0.3, 0.4) is 0 Å². The lowest BCUT2D eigenvalue weighted by atomic mass is 10.2. The summed E-state index contributed by atoms with van der Waals surface area (Å²) < 4.78 is 10.8. The highest BCUT2D eigenvalue weighted by Crippen LogP contribution is 2.17. The maximum absolute atomic E-state index is 11.8. The minimum Gasteiger partial charge on any atom is -0.482 e. The lowest BCUT2D eigenvalue weighted by molar-refractivity contribution is -0.142. The van der Waals surface area contributed by atoms with Gasteiger partial charge in [0.05, 0.1) is 19.1 Å². The summed E-state index contributed by atoms with van der Waals surface area (Å²) >= 11 is 4.94. The van der Waals surface area contributed by atoms with Gasteiger partial charge in [-0.1, -0.05) is 40.2 Å². The number of amides is 1. The molecular weight excluding hydrogens is 432 g/mol. The van der Waals surface area contributed by atoms with Crippen LogP contribution in [-0.2, 0) is 20.1 Å². The fraction of sp³-hybridized carbons (Fsp3) is 0.211. The maximum Gasteiger partial charge on any atom is 0.343 e. The first-order valence-corrected chi connectivity index (χ1v) is 9.95. The third-order valence-corrected chi connectivity index (χ3v) is 4.73. The average molecular weight is 451 g/mol. The Morgan fingerprint density at radius 3 is 2.81 bits per heavy atom. The summed E-state index contributed by atoms with van der Waals surface area (Å²) in [7, 11) is 1.30. The molecule has 0 aliphatic carbocycles. The van der Waals surface area contributed by atoms with E-state index in [4.69, 9.17) is 4.74 Å². The van der Waals surface area contributed by atoms with Crippen LogP contribution in [0.5, 0.6) is 5.75 Å². The molecule has 0 bridgehead atoms. The van der Waals surface area contributed by atoms with Crippen LogP contribution in [0.4, 0.5) is 0 Å². The van der Waals surface area contributed by atoms with Crippen molar-refractivity contribution in [3.63, 3.8) is 0 Å². The van der Waals surface area contributed by atoms with Crippen LogP contribution < -0.4 is 10.2 Å². The SMILES string of the molecule is COC(=O)COc1cccc(C=NNC(=O)CSCc2cccc(Br)c2)c1. The molecule has 0 heterocycles. The number of nitrogens with zero attached hydrogens (tertiary/aromatic N) is 1. The van der Waals surface area contributed by atoms with Gasteiger partial charge < -0.3 is 9.47 Å². The topological polar surface area (TPSA) is 77.0 Å². The minimum atomic E-state index is -0.457. The Hall–Kier alpha value is -2.32. The number of esters is 1. The zero-order chi connectivity index (χ0) is 19.5. The predicted octanol–water partition coefficient (Wildman–Crippen LogP) is 3.38. The van der Waals surface area contributed by atoms with Crippen LogP contribution in [0, 0.1) is 0 Å².